The highest BCUT2D eigenvalue weighted by Crippen LogP contribution is 2.31. The maximum Gasteiger partial charge on any atom is 0.492 e. The summed E-state index contributed by atoms with van der Waals surface area (Å²) in [6.07, 6.45) is 9.11. The van der Waals surface area contributed by atoms with Crippen molar-refractivity contribution in [1.82, 2.24) is 4.57 Å². The van der Waals surface area contributed by atoms with Crippen molar-refractivity contribution in [1.29, 1.82) is 0 Å². The van der Waals surface area contributed by atoms with Crippen molar-refractivity contribution in [2.75, 3.05) is 6.61 Å². The average molecular weight is 540 g/mol. The minimum Gasteiger partial charge on any atom is -0.392 e. The van der Waals surface area contributed by atoms with E-state index in [1.165, 1.54) is 0 Å². The van der Waals surface area contributed by atoms with E-state index in [0.717, 1.165) is 28.2 Å². The zero-order valence-electron chi connectivity index (χ0n) is 20.5. The van der Waals surface area contributed by atoms with Crippen LogP contribution >= 0.6 is 0 Å². The molecular weight excluding hydrogens is 506 g/mol. The lowest BCUT2D eigenvalue weighted by molar-refractivity contribution is -0.697. The van der Waals surface area contributed by atoms with Crippen molar-refractivity contribution in [2.45, 2.75) is 32.0 Å². The molecule has 1 aromatic carbocycles. The number of aryl methyl sites for hydroxylation is 2. The summed E-state index contributed by atoms with van der Waals surface area (Å²) < 4.78 is 11.1. The molecule has 4 aromatic rings. The van der Waals surface area contributed by atoms with Gasteiger partial charge in [-0.05, 0) is 24.3 Å². The van der Waals surface area contributed by atoms with E-state index in [2.05, 4.69) is 41.0 Å². The first-order valence-electron chi connectivity index (χ1n) is 12.2. The van der Waals surface area contributed by atoms with Crippen molar-refractivity contribution in [3.05, 3.63) is 91.5 Å². The molecule has 37 heavy (non-hydrogen) atoms. The van der Waals surface area contributed by atoms with Crippen LogP contribution in [-0.2, 0) is 17.5 Å². The third-order valence-corrected chi connectivity index (χ3v) is 7.58. The lowest BCUT2D eigenvalue weighted by atomic mass is 10.2. The topological polar surface area (TPSA) is 123 Å². The van der Waals surface area contributed by atoms with E-state index in [0.29, 0.717) is 32.5 Å². The molecule has 0 aliphatic carbocycles. The highest BCUT2D eigenvalue weighted by Gasteiger charge is 2.26. The Balaban J connectivity index is 1.56. The van der Waals surface area contributed by atoms with Crippen molar-refractivity contribution in [3.8, 4) is 28.2 Å². The van der Waals surface area contributed by atoms with Crippen molar-refractivity contribution >= 4 is 18.3 Å². The van der Waals surface area contributed by atoms with E-state index < -0.39 is 18.3 Å². The first-order valence-corrected chi connectivity index (χ1v) is 15.8. The highest BCUT2D eigenvalue weighted by atomic mass is 28.4. The molecule has 0 unspecified atom stereocenters. The van der Waals surface area contributed by atoms with E-state index in [1.54, 1.807) is 0 Å². The summed E-state index contributed by atoms with van der Waals surface area (Å²) in [6.45, 7) is 1.62. The van der Waals surface area contributed by atoms with Gasteiger partial charge in [0.15, 0.2) is 31.3 Å². The Bertz CT molecular complexity index is 1260. The summed E-state index contributed by atoms with van der Waals surface area (Å²) in [4.78, 5) is 45.5. The number of para-hydroxylation sites is 1. The molecule has 0 aliphatic heterocycles. The minimum atomic E-state index is -4.01. The lowest BCUT2D eigenvalue weighted by Gasteiger charge is -2.14. The fourth-order valence-corrected chi connectivity index (χ4v) is 5.24. The largest absolute Gasteiger partial charge is 0.492 e. The van der Waals surface area contributed by atoms with Gasteiger partial charge in [-0.1, -0.05) is 18.2 Å². The number of benzene rings is 1. The highest BCUT2D eigenvalue weighted by molar-refractivity contribution is 6.56. The molecule has 0 bridgehead atoms. The van der Waals surface area contributed by atoms with Gasteiger partial charge in [-0.2, -0.15) is 0 Å². The van der Waals surface area contributed by atoms with Gasteiger partial charge < -0.3 is 33.0 Å². The van der Waals surface area contributed by atoms with Crippen molar-refractivity contribution in [3.63, 3.8) is 0 Å². The van der Waals surface area contributed by atoms with Crippen LogP contribution in [0.25, 0.3) is 28.2 Å². The second-order valence-electron chi connectivity index (χ2n) is 8.85. The van der Waals surface area contributed by atoms with Crippen LogP contribution in [0, 0.1) is 0 Å². The number of pyridine rings is 2. The normalized spacial score (nSPS) is 11.8. The van der Waals surface area contributed by atoms with E-state index in [1.807, 2.05) is 64.3 Å². The summed E-state index contributed by atoms with van der Waals surface area (Å²) in [5, 5.41) is 0. The molecule has 0 amide bonds. The van der Waals surface area contributed by atoms with Crippen molar-refractivity contribution < 1.29 is 37.5 Å². The molecule has 0 saturated carbocycles. The molecule has 0 radical (unpaired) electrons. The SMILES string of the molecule is O[SiH](O)OCCC[n+]1ccc(-c2ccc(-c3cc[n+](CCC[Si](O)(O)O)cc3)n2-c2ccccc2)cc1. The van der Waals surface area contributed by atoms with Crippen LogP contribution in [0.1, 0.15) is 12.8 Å². The summed E-state index contributed by atoms with van der Waals surface area (Å²) in [5.41, 5.74) is 5.25. The Labute approximate surface area is 218 Å². The lowest BCUT2D eigenvalue weighted by Crippen LogP contribution is -2.38. The van der Waals surface area contributed by atoms with Gasteiger partial charge in [0.05, 0.1) is 11.4 Å². The number of nitrogens with zero attached hydrogens (tertiary/aromatic N) is 3. The van der Waals surface area contributed by atoms with E-state index in [4.69, 9.17) is 14.0 Å². The van der Waals surface area contributed by atoms with Gasteiger partial charge in [-0.3, -0.25) is 0 Å². The van der Waals surface area contributed by atoms with Gasteiger partial charge >= 0.3 is 18.3 Å². The quantitative estimate of drug-likeness (QED) is 0.103. The molecule has 9 nitrogen and oxygen atoms in total. The Morgan fingerprint density at radius 2 is 1.22 bits per heavy atom. The molecule has 0 aliphatic rings. The number of hydrogen-bond donors (Lipinski definition) is 5. The van der Waals surface area contributed by atoms with Crippen LogP contribution in [0.15, 0.2) is 91.5 Å². The van der Waals surface area contributed by atoms with E-state index in [9.17, 15) is 14.4 Å². The predicted molar refractivity (Wildman–Crippen MR) is 141 cm³/mol. The maximum absolute atomic E-state index is 9.22. The summed E-state index contributed by atoms with van der Waals surface area (Å²) in [5.74, 6) is 0. The third-order valence-electron chi connectivity index (χ3n) is 6.03. The van der Waals surface area contributed by atoms with Gasteiger partial charge in [0.2, 0.25) is 0 Å². The van der Waals surface area contributed by atoms with Gasteiger partial charge in [0.25, 0.3) is 0 Å². The van der Waals surface area contributed by atoms with Crippen LogP contribution < -0.4 is 9.13 Å². The molecule has 3 heterocycles. The molecule has 0 saturated heterocycles. The maximum atomic E-state index is 9.22. The second kappa shape index (κ2) is 12.5. The molecule has 3 aromatic heterocycles. The third kappa shape index (κ3) is 7.74. The monoisotopic (exact) mass is 539 g/mol. The van der Waals surface area contributed by atoms with Crippen LogP contribution in [-0.4, -0.2) is 53.5 Å². The second-order valence-corrected chi connectivity index (χ2v) is 11.9. The summed E-state index contributed by atoms with van der Waals surface area (Å²) >= 11 is 0. The Kier molecular flexibility index (Phi) is 9.13. The molecular formula is C26H33N3O6Si2+2. The van der Waals surface area contributed by atoms with Crippen molar-refractivity contribution in [2.24, 2.45) is 0 Å². The van der Waals surface area contributed by atoms with Gasteiger partial charge in [0, 0.05) is 66.6 Å². The summed E-state index contributed by atoms with van der Waals surface area (Å²) in [6, 6.07) is 22.6. The molecule has 5 N–H and O–H groups in total. The molecule has 0 spiro atoms. The Morgan fingerprint density at radius 3 is 1.70 bits per heavy atom. The number of hydrogen-bond acceptors (Lipinski definition) is 6. The van der Waals surface area contributed by atoms with Gasteiger partial charge in [-0.25, -0.2) is 9.13 Å². The molecule has 0 atom stereocenters. The fourth-order valence-electron chi connectivity index (χ4n) is 4.23. The van der Waals surface area contributed by atoms with Gasteiger partial charge in [0.1, 0.15) is 6.54 Å². The number of aromatic nitrogens is 3. The zero-order chi connectivity index (χ0) is 26.3. The first-order chi connectivity index (χ1) is 17.8. The molecule has 11 heteroatoms. The first kappa shape index (κ1) is 27.0. The zero-order valence-corrected chi connectivity index (χ0v) is 22.6. The average Bonchev–Trinajstić information content (AvgIpc) is 3.32. The van der Waals surface area contributed by atoms with Gasteiger partial charge in [-0.15, -0.1) is 0 Å². The molecule has 4 rings (SSSR count). The smallest absolute Gasteiger partial charge is 0.392 e. The van der Waals surface area contributed by atoms with Crippen LogP contribution in [0.2, 0.25) is 6.04 Å². The van der Waals surface area contributed by atoms with E-state index in [-0.39, 0.29) is 6.04 Å². The Hall–Kier alpha value is -3.01. The van der Waals surface area contributed by atoms with Crippen LogP contribution in [0.4, 0.5) is 0 Å². The summed E-state index contributed by atoms with van der Waals surface area (Å²) in [7, 11) is -6.97. The fraction of sp³-hybridized carbons (Fsp3) is 0.231. The standard InChI is InChI=1S/C26H33N3O6Si2/c30-36(31)35-20-4-14-27-16-10-22(11-17-27)25-8-9-26(29(25)24-6-2-1-3-7-24)23-12-18-28(19-13-23)15-5-21-37(32,33)34/h1-3,6-13,16-19,30-34,36H,4-5,14-15,20-21H2/q+2. The molecule has 0 fully saturated rings. The number of rotatable bonds is 12. The molecule has 194 valence electrons. The van der Waals surface area contributed by atoms with Crippen LogP contribution in [0.5, 0.6) is 0 Å². The minimum absolute atomic E-state index is 0.0140. The predicted octanol–water partition coefficient (Wildman–Crippen LogP) is 0.801. The van der Waals surface area contributed by atoms with E-state index >= 15 is 0 Å². The van der Waals surface area contributed by atoms with Crippen LogP contribution in [0.3, 0.4) is 0 Å². The Morgan fingerprint density at radius 1 is 0.703 bits per heavy atom.